The lowest BCUT2D eigenvalue weighted by atomic mass is 10.2. The second-order valence-corrected chi connectivity index (χ2v) is 8.49. The van der Waals surface area contributed by atoms with Crippen LogP contribution < -0.4 is 4.74 Å². The van der Waals surface area contributed by atoms with Crippen molar-refractivity contribution in [3.8, 4) is 5.75 Å². The van der Waals surface area contributed by atoms with E-state index in [1.165, 1.54) is 29.2 Å². The first-order chi connectivity index (χ1) is 14.1. The molecule has 1 heterocycles. The molecule has 0 radical (unpaired) electrons. The van der Waals surface area contributed by atoms with Crippen molar-refractivity contribution in [1.82, 2.24) is 9.21 Å². The molecule has 3 rings (SSSR count). The molecule has 162 valence electrons. The van der Waals surface area contributed by atoms with Crippen LogP contribution in [0.1, 0.15) is 5.56 Å². The summed E-state index contributed by atoms with van der Waals surface area (Å²) in [5.74, 6) is -0.460. The zero-order valence-corrected chi connectivity index (χ0v) is 16.4. The van der Waals surface area contributed by atoms with E-state index in [4.69, 9.17) is 4.74 Å². The van der Waals surface area contributed by atoms with Crippen LogP contribution in [0.4, 0.5) is 17.6 Å². The van der Waals surface area contributed by atoms with E-state index in [1.54, 1.807) is 0 Å². The maximum atomic E-state index is 12.9. The monoisotopic (exact) mass is 446 g/mol. The van der Waals surface area contributed by atoms with Crippen LogP contribution in [0.25, 0.3) is 0 Å². The first-order valence-corrected chi connectivity index (χ1v) is 10.3. The zero-order valence-electron chi connectivity index (χ0n) is 15.6. The number of alkyl halides is 3. The van der Waals surface area contributed by atoms with E-state index in [2.05, 4.69) is 0 Å². The van der Waals surface area contributed by atoms with Crippen molar-refractivity contribution >= 4 is 15.9 Å². The van der Waals surface area contributed by atoms with E-state index in [1.807, 2.05) is 0 Å². The lowest BCUT2D eigenvalue weighted by Gasteiger charge is -2.34. The molecule has 1 fully saturated rings. The van der Waals surface area contributed by atoms with Crippen LogP contribution in [0, 0.1) is 5.82 Å². The fraction of sp³-hybridized carbons (Fsp3) is 0.316. The van der Waals surface area contributed by atoms with Crippen molar-refractivity contribution < 1.29 is 35.5 Å². The van der Waals surface area contributed by atoms with Crippen LogP contribution in [-0.4, -0.2) is 56.3 Å². The Balaban J connectivity index is 1.56. The van der Waals surface area contributed by atoms with Crippen molar-refractivity contribution in [2.75, 3.05) is 32.8 Å². The Kier molecular flexibility index (Phi) is 6.32. The van der Waals surface area contributed by atoms with Gasteiger partial charge in [-0.15, -0.1) is 0 Å². The minimum Gasteiger partial charge on any atom is -0.484 e. The molecule has 0 aromatic heterocycles. The van der Waals surface area contributed by atoms with E-state index in [-0.39, 0.29) is 43.6 Å². The van der Waals surface area contributed by atoms with Gasteiger partial charge in [0.15, 0.2) is 6.61 Å². The van der Waals surface area contributed by atoms with Gasteiger partial charge in [-0.3, -0.25) is 4.79 Å². The number of hydrogen-bond donors (Lipinski definition) is 0. The van der Waals surface area contributed by atoms with Crippen LogP contribution in [-0.2, 0) is 21.0 Å². The predicted octanol–water partition coefficient (Wildman–Crippen LogP) is 2.76. The molecule has 0 atom stereocenters. The normalized spacial score (nSPS) is 15.8. The van der Waals surface area contributed by atoms with Gasteiger partial charge in [-0.1, -0.05) is 0 Å². The molecule has 0 spiro atoms. The summed E-state index contributed by atoms with van der Waals surface area (Å²) in [4.78, 5) is 13.4. The summed E-state index contributed by atoms with van der Waals surface area (Å²) < 4.78 is 82.6. The molecule has 11 heteroatoms. The van der Waals surface area contributed by atoms with Gasteiger partial charge in [0, 0.05) is 26.2 Å². The molecule has 1 aliphatic rings. The number of benzene rings is 2. The predicted molar refractivity (Wildman–Crippen MR) is 98.7 cm³/mol. The van der Waals surface area contributed by atoms with Gasteiger partial charge in [0.25, 0.3) is 5.91 Å². The number of carbonyl (C=O) groups excluding carboxylic acids is 1. The molecule has 0 bridgehead atoms. The third-order valence-corrected chi connectivity index (χ3v) is 6.50. The highest BCUT2D eigenvalue weighted by atomic mass is 32.2. The summed E-state index contributed by atoms with van der Waals surface area (Å²) in [7, 11) is -3.97. The summed E-state index contributed by atoms with van der Waals surface area (Å²) in [5.41, 5.74) is -0.932. The summed E-state index contributed by atoms with van der Waals surface area (Å²) in [6.07, 6.45) is -4.55. The Morgan fingerprint density at radius 3 is 2.03 bits per heavy atom. The fourth-order valence-electron chi connectivity index (χ4n) is 2.91. The number of hydrogen-bond acceptors (Lipinski definition) is 4. The third-order valence-electron chi connectivity index (χ3n) is 4.59. The van der Waals surface area contributed by atoms with Gasteiger partial charge in [0.1, 0.15) is 11.6 Å². The van der Waals surface area contributed by atoms with Crippen molar-refractivity contribution in [3.63, 3.8) is 0 Å². The Morgan fingerprint density at radius 2 is 1.50 bits per heavy atom. The highest BCUT2D eigenvalue weighted by Crippen LogP contribution is 2.30. The maximum absolute atomic E-state index is 12.9. The molecule has 2 aromatic rings. The largest absolute Gasteiger partial charge is 0.484 e. The highest BCUT2D eigenvalue weighted by Gasteiger charge is 2.33. The lowest BCUT2D eigenvalue weighted by molar-refractivity contribution is -0.137. The Hall–Kier alpha value is -2.66. The summed E-state index contributed by atoms with van der Waals surface area (Å²) in [5, 5.41) is 0. The van der Waals surface area contributed by atoms with Gasteiger partial charge < -0.3 is 9.64 Å². The number of nitrogens with zero attached hydrogens (tertiary/aromatic N) is 2. The molecule has 0 unspecified atom stereocenters. The van der Waals surface area contributed by atoms with E-state index in [0.717, 1.165) is 28.6 Å². The number of amides is 1. The average molecular weight is 446 g/mol. The first kappa shape index (κ1) is 22.0. The zero-order chi connectivity index (χ0) is 21.9. The van der Waals surface area contributed by atoms with Crippen molar-refractivity contribution in [2.45, 2.75) is 11.1 Å². The van der Waals surface area contributed by atoms with Gasteiger partial charge in [-0.05, 0) is 48.5 Å². The first-order valence-electron chi connectivity index (χ1n) is 8.91. The minimum absolute atomic E-state index is 0.00560. The van der Waals surface area contributed by atoms with Crippen LogP contribution in [0.3, 0.4) is 0 Å². The molecule has 1 saturated heterocycles. The van der Waals surface area contributed by atoms with Gasteiger partial charge in [-0.2, -0.15) is 17.5 Å². The summed E-state index contributed by atoms with van der Waals surface area (Å²) in [6, 6.07) is 8.46. The number of carbonyl (C=O) groups is 1. The number of ether oxygens (including phenoxy) is 1. The van der Waals surface area contributed by atoms with Crippen LogP contribution in [0.2, 0.25) is 0 Å². The van der Waals surface area contributed by atoms with E-state index >= 15 is 0 Å². The van der Waals surface area contributed by atoms with Crippen LogP contribution in [0.5, 0.6) is 5.75 Å². The average Bonchev–Trinajstić information content (AvgIpc) is 2.72. The molecule has 1 amide bonds. The maximum Gasteiger partial charge on any atom is 0.416 e. The Morgan fingerprint density at radius 1 is 0.933 bits per heavy atom. The number of rotatable bonds is 5. The lowest BCUT2D eigenvalue weighted by Crippen LogP contribution is -2.51. The summed E-state index contributed by atoms with van der Waals surface area (Å²) in [6.45, 7) is -0.0362. The molecule has 0 saturated carbocycles. The molecule has 0 aliphatic carbocycles. The molecule has 0 N–H and O–H groups in total. The molecule has 30 heavy (non-hydrogen) atoms. The van der Waals surface area contributed by atoms with E-state index in [9.17, 15) is 30.8 Å². The van der Waals surface area contributed by atoms with Gasteiger partial charge in [-0.25, -0.2) is 12.8 Å². The quantitative estimate of drug-likeness (QED) is 0.663. The highest BCUT2D eigenvalue weighted by molar-refractivity contribution is 7.89. The molecule has 1 aliphatic heterocycles. The Labute approximate surface area is 170 Å². The minimum atomic E-state index is -4.55. The van der Waals surface area contributed by atoms with E-state index < -0.39 is 27.6 Å². The standard InChI is InChI=1S/C19H18F4N2O4S/c20-15-3-5-16(6-4-15)29-13-18(26)24-9-11-25(12-10-24)30(27,28)17-7-1-14(2-8-17)19(21,22)23/h1-8H,9-13H2. The van der Waals surface area contributed by atoms with Gasteiger partial charge >= 0.3 is 6.18 Å². The molecular weight excluding hydrogens is 428 g/mol. The second-order valence-electron chi connectivity index (χ2n) is 6.55. The van der Waals surface area contributed by atoms with Gasteiger partial charge in [0.2, 0.25) is 10.0 Å². The number of sulfonamides is 1. The van der Waals surface area contributed by atoms with E-state index in [0.29, 0.717) is 5.75 Å². The van der Waals surface area contributed by atoms with Crippen molar-refractivity contribution in [3.05, 3.63) is 59.9 Å². The third kappa shape index (κ3) is 5.08. The number of piperazine rings is 1. The van der Waals surface area contributed by atoms with Gasteiger partial charge in [0.05, 0.1) is 10.5 Å². The topological polar surface area (TPSA) is 66.9 Å². The molecular formula is C19H18F4N2O4S. The SMILES string of the molecule is O=C(COc1ccc(F)cc1)N1CCN(S(=O)(=O)c2ccc(C(F)(F)F)cc2)CC1. The van der Waals surface area contributed by atoms with Crippen LogP contribution in [0.15, 0.2) is 53.4 Å². The smallest absolute Gasteiger partial charge is 0.416 e. The Bertz CT molecular complexity index is 985. The van der Waals surface area contributed by atoms with Crippen LogP contribution >= 0.6 is 0 Å². The summed E-state index contributed by atoms with van der Waals surface area (Å²) >= 11 is 0. The van der Waals surface area contributed by atoms with Crippen molar-refractivity contribution in [1.29, 1.82) is 0 Å². The fourth-order valence-corrected chi connectivity index (χ4v) is 4.33. The number of halogens is 4. The van der Waals surface area contributed by atoms with Crippen molar-refractivity contribution in [2.24, 2.45) is 0 Å². The molecule has 2 aromatic carbocycles. The second kappa shape index (κ2) is 8.60. The molecule has 6 nitrogen and oxygen atoms in total.